The third kappa shape index (κ3) is 1.14. The van der Waals surface area contributed by atoms with Gasteiger partial charge < -0.3 is 4.74 Å². The van der Waals surface area contributed by atoms with Crippen LogP contribution < -0.4 is 0 Å². The van der Waals surface area contributed by atoms with Gasteiger partial charge in [-0.05, 0) is 18.8 Å². The summed E-state index contributed by atoms with van der Waals surface area (Å²) in [6.45, 7) is 0. The average molecular weight is 330 g/mol. The Hall–Kier alpha value is 0.600. The minimum absolute atomic E-state index is 0.0189. The molecule has 2 saturated carbocycles. The second kappa shape index (κ2) is 3.05. The van der Waals surface area contributed by atoms with E-state index >= 15 is 0 Å². The Morgan fingerprint density at radius 1 is 1.43 bits per heavy atom. The second-order valence-electron chi connectivity index (χ2n) is 4.23. The van der Waals surface area contributed by atoms with Crippen LogP contribution in [0, 0.1) is 11.8 Å². The first-order valence-corrected chi connectivity index (χ1v) is 7.73. The molecule has 3 aliphatic rings. The van der Waals surface area contributed by atoms with Crippen LogP contribution in [0.4, 0.5) is 0 Å². The van der Waals surface area contributed by atoms with Gasteiger partial charge in [-0.3, -0.25) is 4.18 Å². The van der Waals surface area contributed by atoms with Crippen LogP contribution in [0.5, 0.6) is 0 Å². The maximum Gasteiger partial charge on any atom is 0.270 e. The Labute approximate surface area is 96.6 Å². The standard InChI is InChI=1S/C8H11IO4S/c9-3-12-7-4-1-5-6(2-4)14(10,11)13-8(5)7/h4-8H,1-3H2. The number of hydrogen-bond acceptors (Lipinski definition) is 4. The molecule has 0 radical (unpaired) electrons. The van der Waals surface area contributed by atoms with E-state index in [-0.39, 0.29) is 23.4 Å². The number of fused-ring (bicyclic) bond motifs is 1. The van der Waals surface area contributed by atoms with E-state index in [1.54, 1.807) is 0 Å². The van der Waals surface area contributed by atoms with Crippen LogP contribution in [0.3, 0.4) is 0 Å². The Morgan fingerprint density at radius 2 is 2.21 bits per heavy atom. The van der Waals surface area contributed by atoms with Crippen molar-refractivity contribution in [2.24, 2.45) is 11.8 Å². The zero-order valence-corrected chi connectivity index (χ0v) is 10.4. The van der Waals surface area contributed by atoms with Crippen molar-refractivity contribution in [3.63, 3.8) is 0 Å². The van der Waals surface area contributed by atoms with Gasteiger partial charge >= 0.3 is 0 Å². The van der Waals surface area contributed by atoms with E-state index < -0.39 is 10.1 Å². The lowest BCUT2D eigenvalue weighted by molar-refractivity contribution is -0.0131. The molecule has 14 heavy (non-hydrogen) atoms. The summed E-state index contributed by atoms with van der Waals surface area (Å²) >= 11 is 2.14. The van der Waals surface area contributed by atoms with E-state index in [4.69, 9.17) is 8.92 Å². The van der Waals surface area contributed by atoms with Gasteiger partial charge in [-0.15, -0.1) is 0 Å². The van der Waals surface area contributed by atoms with E-state index in [2.05, 4.69) is 22.6 Å². The number of alkyl halides is 1. The molecule has 2 bridgehead atoms. The summed E-state index contributed by atoms with van der Waals surface area (Å²) in [6.07, 6.45) is 1.55. The summed E-state index contributed by atoms with van der Waals surface area (Å²) in [5.41, 5.74) is 0. The fourth-order valence-electron chi connectivity index (χ4n) is 3.18. The van der Waals surface area contributed by atoms with Crippen molar-refractivity contribution in [3.8, 4) is 0 Å². The van der Waals surface area contributed by atoms with Gasteiger partial charge in [0.15, 0.2) is 0 Å². The van der Waals surface area contributed by atoms with E-state index in [9.17, 15) is 8.42 Å². The minimum atomic E-state index is -3.27. The molecule has 3 rings (SSSR count). The Morgan fingerprint density at radius 3 is 2.93 bits per heavy atom. The van der Waals surface area contributed by atoms with Crippen molar-refractivity contribution in [2.75, 3.05) is 4.61 Å². The van der Waals surface area contributed by atoms with E-state index in [0.717, 1.165) is 12.8 Å². The zero-order chi connectivity index (χ0) is 9.92. The molecule has 2 aliphatic carbocycles. The van der Waals surface area contributed by atoms with Gasteiger partial charge in [0, 0.05) is 5.92 Å². The van der Waals surface area contributed by atoms with Crippen molar-refractivity contribution in [3.05, 3.63) is 0 Å². The van der Waals surface area contributed by atoms with Gasteiger partial charge in [-0.2, -0.15) is 8.42 Å². The van der Waals surface area contributed by atoms with Crippen LogP contribution in [0.2, 0.25) is 0 Å². The average Bonchev–Trinajstić information content (AvgIpc) is 2.68. The normalized spacial score (nSPS) is 52.8. The number of halogens is 1. The second-order valence-corrected chi connectivity index (χ2v) is 6.63. The summed E-state index contributed by atoms with van der Waals surface area (Å²) in [5, 5.41) is -0.230. The lowest BCUT2D eigenvalue weighted by atomic mass is 9.94. The van der Waals surface area contributed by atoms with Crippen LogP contribution in [-0.2, 0) is 19.0 Å². The third-order valence-corrected chi connectivity index (χ3v) is 5.80. The Balaban J connectivity index is 1.93. The van der Waals surface area contributed by atoms with Crippen LogP contribution >= 0.6 is 22.6 Å². The SMILES string of the molecule is O=S1(=O)OC2C3CC(CC31)C2OCI. The number of rotatable bonds is 2. The largest absolute Gasteiger partial charge is 0.365 e. The molecule has 0 spiro atoms. The Bertz CT molecular complexity index is 354. The van der Waals surface area contributed by atoms with E-state index in [0.29, 0.717) is 10.5 Å². The van der Waals surface area contributed by atoms with Gasteiger partial charge in [-0.1, -0.05) is 22.6 Å². The maximum atomic E-state index is 11.6. The minimum Gasteiger partial charge on any atom is -0.365 e. The van der Waals surface area contributed by atoms with E-state index in [1.807, 2.05) is 0 Å². The molecule has 4 nitrogen and oxygen atoms in total. The summed E-state index contributed by atoms with van der Waals surface area (Å²) in [7, 11) is -3.27. The van der Waals surface area contributed by atoms with E-state index in [1.165, 1.54) is 0 Å². The highest BCUT2D eigenvalue weighted by Crippen LogP contribution is 2.55. The molecule has 1 aliphatic heterocycles. The van der Waals surface area contributed by atoms with Gasteiger partial charge in [-0.25, -0.2) is 0 Å². The van der Waals surface area contributed by atoms with Crippen LogP contribution in [0.1, 0.15) is 12.8 Å². The zero-order valence-electron chi connectivity index (χ0n) is 7.43. The molecule has 0 amide bonds. The van der Waals surface area contributed by atoms with Crippen LogP contribution in [-0.4, -0.2) is 30.5 Å². The smallest absolute Gasteiger partial charge is 0.270 e. The van der Waals surface area contributed by atoms with Gasteiger partial charge in [0.1, 0.15) is 6.10 Å². The number of hydrogen-bond donors (Lipinski definition) is 0. The first kappa shape index (κ1) is 9.80. The summed E-state index contributed by atoms with van der Waals surface area (Å²) in [5.74, 6) is 0.611. The van der Waals surface area contributed by atoms with Gasteiger partial charge in [0.2, 0.25) is 0 Å². The maximum absolute atomic E-state index is 11.6. The quantitative estimate of drug-likeness (QED) is 0.429. The topological polar surface area (TPSA) is 52.6 Å². The summed E-state index contributed by atoms with van der Waals surface area (Å²) in [6, 6.07) is 0. The molecule has 5 atom stereocenters. The highest BCUT2D eigenvalue weighted by atomic mass is 127. The number of ether oxygens (including phenoxy) is 1. The lowest BCUT2D eigenvalue weighted by Crippen LogP contribution is -2.35. The monoisotopic (exact) mass is 330 g/mol. The van der Waals surface area contributed by atoms with Crippen molar-refractivity contribution in [1.29, 1.82) is 0 Å². The fourth-order valence-corrected chi connectivity index (χ4v) is 5.48. The summed E-state index contributed by atoms with van der Waals surface area (Å²) < 4.78 is 34.4. The first-order chi connectivity index (χ1) is 6.63. The van der Waals surface area contributed by atoms with Crippen molar-refractivity contribution in [2.45, 2.75) is 30.3 Å². The van der Waals surface area contributed by atoms with Crippen LogP contribution in [0.15, 0.2) is 0 Å². The molecule has 6 heteroatoms. The summed E-state index contributed by atoms with van der Waals surface area (Å²) in [4.78, 5) is 0. The molecule has 3 fully saturated rings. The van der Waals surface area contributed by atoms with Gasteiger partial charge in [0.05, 0.1) is 16.0 Å². The first-order valence-electron chi connectivity index (χ1n) is 4.73. The fraction of sp³-hybridized carbons (Fsp3) is 1.00. The molecule has 5 unspecified atom stereocenters. The lowest BCUT2D eigenvalue weighted by Gasteiger charge is -2.23. The van der Waals surface area contributed by atoms with Crippen LogP contribution in [0.25, 0.3) is 0 Å². The molecule has 0 aromatic heterocycles. The molecule has 80 valence electrons. The highest BCUT2D eigenvalue weighted by Gasteiger charge is 2.64. The molecule has 1 saturated heterocycles. The highest BCUT2D eigenvalue weighted by molar-refractivity contribution is 14.1. The molecular formula is C8H11IO4S. The third-order valence-electron chi connectivity index (χ3n) is 3.67. The molecule has 0 N–H and O–H groups in total. The van der Waals surface area contributed by atoms with Gasteiger partial charge in [0.25, 0.3) is 10.1 Å². The van der Waals surface area contributed by atoms with Crippen molar-refractivity contribution < 1.29 is 17.3 Å². The van der Waals surface area contributed by atoms with Crippen molar-refractivity contribution in [1.82, 2.24) is 0 Å². The predicted molar refractivity (Wildman–Crippen MR) is 57.6 cm³/mol. The van der Waals surface area contributed by atoms with Crippen molar-refractivity contribution >= 4 is 32.7 Å². The molecule has 1 heterocycles. The molecular weight excluding hydrogens is 319 g/mol. The molecule has 0 aromatic carbocycles. The molecule has 0 aromatic rings. The Kier molecular flexibility index (Phi) is 2.14. The predicted octanol–water partition coefficient (Wildman–Crippen LogP) is 0.901.